The molecule has 2 aromatic rings. The molecule has 0 unspecified atom stereocenters. The number of nitrogens with one attached hydrogen (secondary N) is 1. The van der Waals surface area contributed by atoms with E-state index in [0.717, 1.165) is 22.3 Å². The maximum atomic E-state index is 12.1. The van der Waals surface area contributed by atoms with E-state index >= 15 is 0 Å². The Morgan fingerprint density at radius 2 is 1.82 bits per heavy atom. The molecular weight excluding hydrogens is 358 g/mol. The van der Waals surface area contributed by atoms with E-state index in [1.165, 1.54) is 7.11 Å². The summed E-state index contributed by atoms with van der Waals surface area (Å²) in [7, 11) is 2.97. The van der Waals surface area contributed by atoms with Gasteiger partial charge in [0.15, 0.2) is 0 Å². The molecule has 0 bridgehead atoms. The van der Waals surface area contributed by atoms with Gasteiger partial charge in [0.1, 0.15) is 18.1 Å². The molecule has 28 heavy (non-hydrogen) atoms. The summed E-state index contributed by atoms with van der Waals surface area (Å²) in [4.78, 5) is 24.1. The molecule has 1 heterocycles. The van der Waals surface area contributed by atoms with Crippen LogP contribution in [0.25, 0.3) is 11.1 Å². The minimum Gasteiger partial charge on any atom is -0.496 e. The summed E-state index contributed by atoms with van der Waals surface area (Å²) in [5.41, 5.74) is 3.41. The molecule has 0 atom stereocenters. The van der Waals surface area contributed by atoms with Gasteiger partial charge in [0.05, 0.1) is 19.6 Å². The predicted octanol–water partition coefficient (Wildman–Crippen LogP) is 3.49. The third-order valence-corrected chi connectivity index (χ3v) is 5.03. The molecule has 6 nitrogen and oxygen atoms in total. The Labute approximate surface area is 164 Å². The van der Waals surface area contributed by atoms with Gasteiger partial charge in [-0.2, -0.15) is 0 Å². The Kier molecular flexibility index (Phi) is 5.31. The predicted molar refractivity (Wildman–Crippen MR) is 106 cm³/mol. The molecule has 0 radical (unpaired) electrons. The largest absolute Gasteiger partial charge is 0.496 e. The lowest BCUT2D eigenvalue weighted by Crippen LogP contribution is -2.32. The minimum atomic E-state index is -0.808. The second kappa shape index (κ2) is 7.54. The monoisotopic (exact) mass is 383 g/mol. The van der Waals surface area contributed by atoms with Crippen LogP contribution in [-0.4, -0.2) is 32.7 Å². The first kappa shape index (κ1) is 19.7. The van der Waals surface area contributed by atoms with Gasteiger partial charge < -0.3 is 19.5 Å². The number of esters is 1. The van der Waals surface area contributed by atoms with Crippen LogP contribution in [0, 0.1) is 12.3 Å². The maximum Gasteiger partial charge on any atom is 0.314 e. The number of hydrogen-bond acceptors (Lipinski definition) is 5. The summed E-state index contributed by atoms with van der Waals surface area (Å²) in [6, 6.07) is 9.45. The Bertz CT molecular complexity index is 933. The van der Waals surface area contributed by atoms with Gasteiger partial charge in [-0.3, -0.25) is 9.59 Å². The summed E-state index contributed by atoms with van der Waals surface area (Å²) >= 11 is 0. The zero-order chi connectivity index (χ0) is 20.5. The average molecular weight is 383 g/mol. The highest BCUT2D eigenvalue weighted by atomic mass is 16.5. The molecule has 1 aliphatic rings. The van der Waals surface area contributed by atoms with Crippen LogP contribution in [0.15, 0.2) is 30.3 Å². The fraction of sp³-hybridized carbons (Fsp3) is 0.364. The van der Waals surface area contributed by atoms with Gasteiger partial charge in [0, 0.05) is 23.2 Å². The van der Waals surface area contributed by atoms with Gasteiger partial charge in [0.25, 0.3) is 5.91 Å². The van der Waals surface area contributed by atoms with Crippen molar-refractivity contribution in [2.75, 3.05) is 20.8 Å². The molecule has 0 saturated heterocycles. The number of ether oxygens (including phenoxy) is 3. The van der Waals surface area contributed by atoms with E-state index in [-0.39, 0.29) is 18.5 Å². The molecular formula is C22H25NO5. The van der Waals surface area contributed by atoms with Crippen LogP contribution in [0.1, 0.15) is 35.3 Å². The lowest BCUT2D eigenvalue weighted by molar-refractivity contribution is -0.152. The number of hydrogen-bond donors (Lipinski definition) is 1. The van der Waals surface area contributed by atoms with Crippen LogP contribution >= 0.6 is 0 Å². The molecule has 1 amide bonds. The van der Waals surface area contributed by atoms with Gasteiger partial charge in [-0.25, -0.2) is 0 Å². The number of benzene rings is 2. The number of amides is 1. The van der Waals surface area contributed by atoms with Crippen molar-refractivity contribution >= 4 is 11.9 Å². The molecule has 0 spiro atoms. The average Bonchev–Trinajstić information content (AvgIpc) is 3.07. The van der Waals surface area contributed by atoms with Gasteiger partial charge in [0.2, 0.25) is 0 Å². The Morgan fingerprint density at radius 3 is 2.50 bits per heavy atom. The topological polar surface area (TPSA) is 73.9 Å². The van der Waals surface area contributed by atoms with Crippen molar-refractivity contribution in [1.29, 1.82) is 0 Å². The van der Waals surface area contributed by atoms with Crippen molar-refractivity contribution in [3.05, 3.63) is 47.0 Å². The van der Waals surface area contributed by atoms with E-state index in [4.69, 9.17) is 14.2 Å². The van der Waals surface area contributed by atoms with Crippen molar-refractivity contribution in [2.45, 2.75) is 27.3 Å². The first-order chi connectivity index (χ1) is 13.3. The Balaban J connectivity index is 2.08. The van der Waals surface area contributed by atoms with Gasteiger partial charge >= 0.3 is 5.97 Å². The first-order valence-corrected chi connectivity index (χ1v) is 9.09. The zero-order valence-electron chi connectivity index (χ0n) is 16.8. The fourth-order valence-corrected chi connectivity index (χ4v) is 3.39. The second-order valence-electron chi connectivity index (χ2n) is 7.45. The molecule has 2 aromatic carbocycles. The molecule has 0 aromatic heterocycles. The normalized spacial score (nSPS) is 13.0. The molecule has 6 heteroatoms. The first-order valence-electron chi connectivity index (χ1n) is 9.09. The van der Waals surface area contributed by atoms with Crippen LogP contribution in [0.2, 0.25) is 0 Å². The number of carbonyl (C=O) groups excluding carboxylic acids is 2. The van der Waals surface area contributed by atoms with E-state index in [9.17, 15) is 9.59 Å². The van der Waals surface area contributed by atoms with Crippen LogP contribution in [0.3, 0.4) is 0 Å². The number of fused-ring (bicyclic) bond motifs is 1. The summed E-state index contributed by atoms with van der Waals surface area (Å²) in [5.74, 6) is 0.904. The fourth-order valence-electron chi connectivity index (χ4n) is 3.39. The van der Waals surface area contributed by atoms with Crippen molar-refractivity contribution < 1.29 is 23.8 Å². The van der Waals surface area contributed by atoms with Crippen molar-refractivity contribution in [2.24, 2.45) is 5.41 Å². The standard InChI is InChI=1S/C22H25NO5/c1-13-18(26-4)10-9-15(19(13)28-12-22(2,3)21(25)27-5)14-7-6-8-16-17(14)11-23-20(16)24/h6-10H,11-12H2,1-5H3,(H,23,24). The minimum absolute atomic E-state index is 0.0728. The van der Waals surface area contributed by atoms with Crippen LogP contribution in [0.5, 0.6) is 11.5 Å². The van der Waals surface area contributed by atoms with Crippen molar-refractivity contribution in [3.63, 3.8) is 0 Å². The molecule has 3 rings (SSSR count). The summed E-state index contributed by atoms with van der Waals surface area (Å²) in [5, 5.41) is 2.86. The molecule has 0 fully saturated rings. The second-order valence-corrected chi connectivity index (χ2v) is 7.45. The number of carbonyl (C=O) groups is 2. The molecule has 0 aliphatic carbocycles. The van der Waals surface area contributed by atoms with E-state index in [1.54, 1.807) is 21.0 Å². The SMILES string of the molecule is COC(=O)C(C)(C)COc1c(-c2cccc3c2CNC3=O)ccc(OC)c1C. The number of methoxy groups -OCH3 is 2. The lowest BCUT2D eigenvalue weighted by atomic mass is 9.93. The molecule has 0 saturated carbocycles. The van der Waals surface area contributed by atoms with E-state index in [0.29, 0.717) is 23.6 Å². The Morgan fingerprint density at radius 1 is 1.11 bits per heavy atom. The van der Waals surface area contributed by atoms with E-state index in [2.05, 4.69) is 5.32 Å². The van der Waals surface area contributed by atoms with Crippen LogP contribution < -0.4 is 14.8 Å². The van der Waals surface area contributed by atoms with Crippen molar-refractivity contribution in [1.82, 2.24) is 5.32 Å². The van der Waals surface area contributed by atoms with Crippen LogP contribution in [-0.2, 0) is 16.1 Å². The van der Waals surface area contributed by atoms with E-state index in [1.807, 2.05) is 37.3 Å². The van der Waals surface area contributed by atoms with E-state index < -0.39 is 5.41 Å². The number of rotatable bonds is 6. The molecule has 148 valence electrons. The molecule has 1 aliphatic heterocycles. The van der Waals surface area contributed by atoms with Gasteiger partial charge in [-0.05, 0) is 50.1 Å². The van der Waals surface area contributed by atoms with Crippen molar-refractivity contribution in [3.8, 4) is 22.6 Å². The summed E-state index contributed by atoms with van der Waals surface area (Å²) in [6.07, 6.45) is 0. The smallest absolute Gasteiger partial charge is 0.314 e. The molecule has 1 N–H and O–H groups in total. The highest BCUT2D eigenvalue weighted by Crippen LogP contribution is 2.41. The quantitative estimate of drug-likeness (QED) is 0.773. The highest BCUT2D eigenvalue weighted by molar-refractivity contribution is 6.00. The van der Waals surface area contributed by atoms with Gasteiger partial charge in [-0.15, -0.1) is 0 Å². The van der Waals surface area contributed by atoms with Crippen LogP contribution in [0.4, 0.5) is 0 Å². The van der Waals surface area contributed by atoms with Gasteiger partial charge in [-0.1, -0.05) is 12.1 Å². The third kappa shape index (κ3) is 3.42. The third-order valence-electron chi connectivity index (χ3n) is 5.03. The summed E-state index contributed by atoms with van der Waals surface area (Å²) < 4.78 is 16.5. The maximum absolute atomic E-state index is 12.1. The summed E-state index contributed by atoms with van der Waals surface area (Å²) in [6.45, 7) is 6.08. The zero-order valence-corrected chi connectivity index (χ0v) is 16.8. The lowest BCUT2D eigenvalue weighted by Gasteiger charge is -2.24. The highest BCUT2D eigenvalue weighted by Gasteiger charge is 2.31. The Hall–Kier alpha value is -3.02.